The zero-order valence-electron chi connectivity index (χ0n) is 11.9. The Morgan fingerprint density at radius 1 is 1.32 bits per heavy atom. The number of aromatic nitrogens is 1. The number of carbonyl (C=O) groups excluding carboxylic acids is 2. The summed E-state index contributed by atoms with van der Waals surface area (Å²) in [5, 5.41) is 10.3. The molecule has 0 spiro atoms. The minimum absolute atomic E-state index is 0.0559. The molecule has 0 saturated carbocycles. The molecule has 1 amide bonds. The lowest BCUT2D eigenvalue weighted by atomic mass is 10.2. The molecule has 116 valence electrons. The minimum atomic E-state index is -1.04. The molecule has 22 heavy (non-hydrogen) atoms. The Labute approximate surface area is 138 Å². The van der Waals surface area contributed by atoms with E-state index in [1.54, 1.807) is 23.4 Å². The highest BCUT2D eigenvalue weighted by Gasteiger charge is 2.31. The lowest BCUT2D eigenvalue weighted by Crippen LogP contribution is -2.29. The summed E-state index contributed by atoms with van der Waals surface area (Å²) in [4.78, 5) is 28.8. The van der Waals surface area contributed by atoms with Gasteiger partial charge in [0, 0.05) is 24.9 Å². The van der Waals surface area contributed by atoms with Gasteiger partial charge in [0.15, 0.2) is 0 Å². The van der Waals surface area contributed by atoms with Gasteiger partial charge < -0.3 is 9.90 Å². The fourth-order valence-electron chi connectivity index (χ4n) is 2.02. The SMILES string of the molecule is O=C([O-])CCCCCN1C(=O)/C(=C\c2ccncc2)SC1=S. The van der Waals surface area contributed by atoms with Crippen molar-refractivity contribution >= 4 is 46.3 Å². The molecule has 0 aliphatic carbocycles. The third-order valence-corrected chi connectivity index (χ3v) is 4.52. The Bertz CT molecular complexity index is 602. The Morgan fingerprint density at radius 2 is 2.05 bits per heavy atom. The summed E-state index contributed by atoms with van der Waals surface area (Å²) in [7, 11) is 0. The van der Waals surface area contributed by atoms with Crippen LogP contribution in [0.4, 0.5) is 0 Å². The van der Waals surface area contributed by atoms with Gasteiger partial charge in [-0.15, -0.1) is 0 Å². The van der Waals surface area contributed by atoms with Crippen LogP contribution in [0.2, 0.25) is 0 Å². The number of carboxylic acid groups (broad SMARTS) is 1. The van der Waals surface area contributed by atoms with Crippen molar-refractivity contribution < 1.29 is 14.7 Å². The third-order valence-electron chi connectivity index (χ3n) is 3.14. The van der Waals surface area contributed by atoms with Crippen LogP contribution in [0.25, 0.3) is 6.08 Å². The maximum absolute atomic E-state index is 12.3. The summed E-state index contributed by atoms with van der Waals surface area (Å²) < 4.78 is 0.546. The number of hydrogen-bond acceptors (Lipinski definition) is 6. The second-order valence-corrected chi connectivity index (χ2v) is 6.47. The van der Waals surface area contributed by atoms with Crippen LogP contribution in [0.1, 0.15) is 31.2 Å². The number of unbranched alkanes of at least 4 members (excludes halogenated alkanes) is 2. The van der Waals surface area contributed by atoms with Crippen LogP contribution in [0.5, 0.6) is 0 Å². The standard InChI is InChI=1S/C15H16N2O3S2/c18-13(19)4-2-1-3-9-17-14(20)12(22-15(17)21)10-11-5-7-16-8-6-11/h5-8,10H,1-4,9H2,(H,18,19)/p-1/b12-10+. The van der Waals surface area contributed by atoms with Crippen molar-refractivity contribution in [1.29, 1.82) is 0 Å². The lowest BCUT2D eigenvalue weighted by Gasteiger charge is -2.14. The van der Waals surface area contributed by atoms with E-state index in [1.807, 2.05) is 12.1 Å². The fraction of sp³-hybridized carbons (Fsp3) is 0.333. The number of carbonyl (C=O) groups is 2. The maximum Gasteiger partial charge on any atom is 0.266 e. The summed E-state index contributed by atoms with van der Waals surface area (Å²) in [6.07, 6.45) is 7.21. The Hall–Kier alpha value is -1.73. The molecule has 0 aromatic carbocycles. The molecule has 5 nitrogen and oxygen atoms in total. The van der Waals surface area contributed by atoms with Gasteiger partial charge in [0.25, 0.3) is 5.91 Å². The number of thiocarbonyl (C=S) groups is 1. The lowest BCUT2D eigenvalue weighted by molar-refractivity contribution is -0.305. The van der Waals surface area contributed by atoms with Crippen LogP contribution < -0.4 is 5.11 Å². The molecule has 1 fully saturated rings. The average molecular weight is 335 g/mol. The normalized spacial score (nSPS) is 16.5. The predicted octanol–water partition coefficient (Wildman–Crippen LogP) is 1.59. The molecule has 2 rings (SSSR count). The first-order valence-electron chi connectivity index (χ1n) is 6.93. The fourth-order valence-corrected chi connectivity index (χ4v) is 3.33. The Morgan fingerprint density at radius 3 is 2.73 bits per heavy atom. The topological polar surface area (TPSA) is 73.3 Å². The summed E-state index contributed by atoms with van der Waals surface area (Å²) in [6.45, 7) is 0.519. The van der Waals surface area contributed by atoms with Crippen LogP contribution >= 0.6 is 24.0 Å². The van der Waals surface area contributed by atoms with Crippen molar-refractivity contribution in [3.63, 3.8) is 0 Å². The van der Waals surface area contributed by atoms with Crippen LogP contribution in [0.15, 0.2) is 29.4 Å². The number of thioether (sulfide) groups is 1. The zero-order valence-corrected chi connectivity index (χ0v) is 13.5. The van der Waals surface area contributed by atoms with Crippen LogP contribution in [-0.2, 0) is 9.59 Å². The molecule has 7 heteroatoms. The highest BCUT2D eigenvalue weighted by atomic mass is 32.2. The van der Waals surface area contributed by atoms with Gasteiger partial charge in [-0.2, -0.15) is 0 Å². The van der Waals surface area contributed by atoms with Gasteiger partial charge in [-0.05, 0) is 43.0 Å². The van der Waals surface area contributed by atoms with Crippen molar-refractivity contribution in [3.8, 4) is 0 Å². The summed E-state index contributed by atoms with van der Waals surface area (Å²) in [5.41, 5.74) is 0.907. The van der Waals surface area contributed by atoms with E-state index in [4.69, 9.17) is 12.2 Å². The van der Waals surface area contributed by atoms with Gasteiger partial charge in [-0.1, -0.05) is 30.4 Å². The second-order valence-electron chi connectivity index (χ2n) is 4.80. The molecule has 0 atom stereocenters. The number of nitrogens with zero attached hydrogens (tertiary/aromatic N) is 2. The van der Waals surface area contributed by atoms with Gasteiger partial charge in [0.2, 0.25) is 0 Å². The van der Waals surface area contributed by atoms with Crippen molar-refractivity contribution in [2.24, 2.45) is 0 Å². The summed E-state index contributed by atoms with van der Waals surface area (Å²) in [5.74, 6) is -1.13. The molecule has 1 aliphatic heterocycles. The molecule has 0 radical (unpaired) electrons. The van der Waals surface area contributed by atoms with Gasteiger partial charge in [-0.3, -0.25) is 14.7 Å². The second kappa shape index (κ2) is 8.05. The molecule has 2 heterocycles. The molecule has 0 bridgehead atoms. The van der Waals surface area contributed by atoms with Gasteiger partial charge in [0.1, 0.15) is 4.32 Å². The smallest absolute Gasteiger partial charge is 0.266 e. The molecule has 0 N–H and O–H groups in total. The van der Waals surface area contributed by atoms with E-state index in [9.17, 15) is 14.7 Å². The quantitative estimate of drug-likeness (QED) is 0.428. The van der Waals surface area contributed by atoms with Crippen LogP contribution in [0.3, 0.4) is 0 Å². The number of pyridine rings is 1. The first-order chi connectivity index (χ1) is 10.6. The number of carboxylic acids is 1. The number of aliphatic carboxylic acids is 1. The molecular formula is C15H15N2O3S2-. The van der Waals surface area contributed by atoms with Gasteiger partial charge in [0.05, 0.1) is 4.91 Å². The van der Waals surface area contributed by atoms with Crippen LogP contribution in [0, 0.1) is 0 Å². The van der Waals surface area contributed by atoms with Crippen molar-refractivity contribution in [2.45, 2.75) is 25.7 Å². The van der Waals surface area contributed by atoms with Gasteiger partial charge in [-0.25, -0.2) is 0 Å². The molecule has 1 aromatic heterocycles. The van der Waals surface area contributed by atoms with Gasteiger partial charge >= 0.3 is 0 Å². The van der Waals surface area contributed by atoms with Crippen molar-refractivity contribution in [3.05, 3.63) is 35.0 Å². The van der Waals surface area contributed by atoms with E-state index >= 15 is 0 Å². The molecule has 1 aliphatic rings. The zero-order chi connectivity index (χ0) is 15.9. The van der Waals surface area contributed by atoms with Crippen LogP contribution in [-0.4, -0.2) is 32.6 Å². The molecule has 1 saturated heterocycles. The summed E-state index contributed by atoms with van der Waals surface area (Å²) in [6, 6.07) is 3.65. The predicted molar refractivity (Wildman–Crippen MR) is 87.6 cm³/mol. The molecule has 0 unspecified atom stereocenters. The van der Waals surface area contributed by atoms with Crippen molar-refractivity contribution in [1.82, 2.24) is 9.88 Å². The van der Waals surface area contributed by atoms with Crippen molar-refractivity contribution in [2.75, 3.05) is 6.54 Å². The Kier molecular flexibility index (Phi) is 6.09. The summed E-state index contributed by atoms with van der Waals surface area (Å²) >= 11 is 6.53. The number of hydrogen-bond donors (Lipinski definition) is 0. The highest BCUT2D eigenvalue weighted by Crippen LogP contribution is 2.32. The third kappa shape index (κ3) is 4.64. The van der Waals surface area contributed by atoms with E-state index in [2.05, 4.69) is 4.98 Å². The van der Waals surface area contributed by atoms with E-state index in [0.29, 0.717) is 22.2 Å². The van der Waals surface area contributed by atoms with E-state index in [0.717, 1.165) is 18.4 Å². The first kappa shape index (κ1) is 16.6. The largest absolute Gasteiger partial charge is 0.550 e. The minimum Gasteiger partial charge on any atom is -0.550 e. The Balaban J connectivity index is 1.89. The maximum atomic E-state index is 12.3. The highest BCUT2D eigenvalue weighted by molar-refractivity contribution is 8.26. The van der Waals surface area contributed by atoms with E-state index < -0.39 is 5.97 Å². The van der Waals surface area contributed by atoms with E-state index in [1.165, 1.54) is 11.8 Å². The van der Waals surface area contributed by atoms with E-state index in [-0.39, 0.29) is 12.3 Å². The average Bonchev–Trinajstić information content (AvgIpc) is 2.75. The molecule has 1 aromatic rings. The number of amides is 1. The first-order valence-corrected chi connectivity index (χ1v) is 8.15. The number of rotatable bonds is 7. The monoisotopic (exact) mass is 335 g/mol. The molecular weight excluding hydrogens is 320 g/mol.